The van der Waals surface area contributed by atoms with Crippen LogP contribution < -0.4 is 0 Å². The highest BCUT2D eigenvalue weighted by Crippen LogP contribution is 2.22. The topological polar surface area (TPSA) is 9.23 Å². The largest absolute Gasteiger partial charge is 0.461 e. The molecule has 0 amide bonds. The van der Waals surface area contributed by atoms with Crippen LogP contribution in [0, 0.1) is 0 Å². The molecule has 0 aliphatic carbocycles. The molecule has 0 aromatic rings. The molecule has 0 fully saturated rings. The summed E-state index contributed by atoms with van der Waals surface area (Å²) in [7, 11) is -2.98. The molecule has 0 saturated carbocycles. The highest BCUT2D eigenvalue weighted by atomic mass is 28.3. The zero-order chi connectivity index (χ0) is 12.3. The summed E-state index contributed by atoms with van der Waals surface area (Å²) in [5, 5.41) is 1.80. The number of rotatable bonds is 4. The van der Waals surface area contributed by atoms with Crippen LogP contribution in [0.2, 0.25) is 39.3 Å². The van der Waals surface area contributed by atoms with E-state index in [1.165, 1.54) is 0 Å². The molecule has 0 atom stereocenters. The van der Waals surface area contributed by atoms with E-state index in [2.05, 4.69) is 63.9 Å². The van der Waals surface area contributed by atoms with E-state index in [1.54, 1.807) is 0 Å². The summed E-state index contributed by atoms with van der Waals surface area (Å²) in [6.07, 6.45) is 0. The summed E-state index contributed by atoms with van der Waals surface area (Å²) in [5.74, 6) is 0. The Hall–Kier alpha value is -0.726. The minimum absolute atomic E-state index is 0.899. The molecule has 0 saturated heterocycles. The molecule has 0 heterocycles. The molecule has 84 valence electrons. The van der Waals surface area contributed by atoms with Crippen LogP contribution in [0.25, 0.3) is 0 Å². The third-order valence-corrected chi connectivity index (χ3v) is 5.17. The van der Waals surface area contributed by atoms with Crippen molar-refractivity contribution in [1.82, 2.24) is 0 Å². The predicted octanol–water partition coefficient (Wildman–Crippen LogP) is 4.10. The fourth-order valence-corrected chi connectivity index (χ4v) is 2.99. The average Bonchev–Trinajstić information content (AvgIpc) is 2.01. The van der Waals surface area contributed by atoms with Gasteiger partial charge in [-0.25, -0.2) is 0 Å². The van der Waals surface area contributed by atoms with Gasteiger partial charge in [0.1, 0.15) is 26.9 Å². The van der Waals surface area contributed by atoms with Gasteiger partial charge in [0, 0.05) is 0 Å². The van der Waals surface area contributed by atoms with Gasteiger partial charge >= 0.3 is 0 Å². The molecular weight excluding hydrogens is 216 g/mol. The van der Waals surface area contributed by atoms with Gasteiger partial charge < -0.3 is 4.74 Å². The number of ether oxygens (including phenoxy) is 1. The Kier molecular flexibility index (Phi) is 4.63. The van der Waals surface area contributed by atoms with Crippen molar-refractivity contribution in [2.75, 3.05) is 0 Å². The fourth-order valence-electron chi connectivity index (χ4n) is 1.01. The van der Waals surface area contributed by atoms with Gasteiger partial charge in [0.05, 0.1) is 0 Å². The minimum Gasteiger partial charge on any atom is -0.461 e. The van der Waals surface area contributed by atoms with Crippen molar-refractivity contribution in [3.8, 4) is 0 Å². The van der Waals surface area contributed by atoms with Crippen molar-refractivity contribution in [3.05, 3.63) is 35.4 Å². The van der Waals surface area contributed by atoms with Crippen LogP contribution in [0.4, 0.5) is 0 Å². The van der Waals surface area contributed by atoms with E-state index in [-0.39, 0.29) is 0 Å². The Bertz CT molecular complexity index is 296. The molecular formula is C12H22OSi2. The minimum atomic E-state index is -1.49. The van der Waals surface area contributed by atoms with E-state index in [9.17, 15) is 0 Å². The second-order valence-corrected chi connectivity index (χ2v) is 15.5. The maximum absolute atomic E-state index is 5.89. The molecule has 0 aromatic heterocycles. The lowest BCUT2D eigenvalue weighted by molar-refractivity contribution is 0.357. The van der Waals surface area contributed by atoms with Crippen LogP contribution in [0.1, 0.15) is 0 Å². The van der Waals surface area contributed by atoms with Gasteiger partial charge in [0.15, 0.2) is 0 Å². The number of hydrogen-bond donors (Lipinski definition) is 0. The van der Waals surface area contributed by atoms with Crippen LogP contribution in [0.15, 0.2) is 35.4 Å². The monoisotopic (exact) mass is 238 g/mol. The standard InChI is InChI=1S/C12H22OSi2/c1-9-11(14(3,4)5)13-12(10-2)15(6,7)8/h1-2H2,3-8H3. The van der Waals surface area contributed by atoms with Crippen molar-refractivity contribution < 1.29 is 4.74 Å². The van der Waals surface area contributed by atoms with Gasteiger partial charge in [-0.2, -0.15) is 0 Å². The van der Waals surface area contributed by atoms with E-state index in [4.69, 9.17) is 4.74 Å². The smallest absolute Gasteiger partial charge is 0.133 e. The first-order valence-electron chi connectivity index (χ1n) is 5.12. The maximum atomic E-state index is 5.89. The van der Waals surface area contributed by atoms with Crippen LogP contribution in [-0.2, 0) is 4.74 Å². The van der Waals surface area contributed by atoms with Crippen molar-refractivity contribution >= 4 is 16.1 Å². The molecule has 3 heteroatoms. The van der Waals surface area contributed by atoms with E-state index in [0.29, 0.717) is 0 Å². The maximum Gasteiger partial charge on any atom is 0.133 e. The van der Waals surface area contributed by atoms with E-state index in [1.807, 2.05) is 0 Å². The molecule has 0 rings (SSSR count). The second kappa shape index (κ2) is 4.86. The summed E-state index contributed by atoms with van der Waals surface area (Å²) in [6.45, 7) is 20.7. The van der Waals surface area contributed by atoms with Gasteiger partial charge in [-0.05, 0) is 0 Å². The first-order chi connectivity index (χ1) is 6.62. The molecule has 0 aromatic carbocycles. The molecule has 0 spiro atoms. The summed E-state index contributed by atoms with van der Waals surface area (Å²) < 4.78 is 5.89. The molecule has 0 aliphatic rings. The van der Waals surface area contributed by atoms with Crippen LogP contribution in [0.3, 0.4) is 0 Å². The zero-order valence-corrected chi connectivity index (χ0v) is 12.8. The highest BCUT2D eigenvalue weighted by Gasteiger charge is 2.28. The molecule has 0 N–H and O–H groups in total. The Morgan fingerprint density at radius 3 is 1.20 bits per heavy atom. The van der Waals surface area contributed by atoms with E-state index >= 15 is 0 Å². The van der Waals surface area contributed by atoms with E-state index in [0.717, 1.165) is 10.8 Å². The molecule has 1 nitrogen and oxygen atoms in total. The van der Waals surface area contributed by atoms with E-state index < -0.39 is 16.1 Å². The Morgan fingerprint density at radius 2 is 1.07 bits per heavy atom. The highest BCUT2D eigenvalue weighted by molar-refractivity contribution is 6.84. The average molecular weight is 238 g/mol. The first-order valence-corrected chi connectivity index (χ1v) is 12.1. The summed E-state index contributed by atoms with van der Waals surface area (Å²) >= 11 is 0. The summed E-state index contributed by atoms with van der Waals surface area (Å²) in [4.78, 5) is 0. The SMILES string of the molecule is C=C=C(OC(=C=C)[Si](C)(C)C)[Si](C)(C)C. The lowest BCUT2D eigenvalue weighted by Gasteiger charge is -2.25. The quantitative estimate of drug-likeness (QED) is 0.407. The Balaban J connectivity index is 5.04. The lowest BCUT2D eigenvalue weighted by atomic mass is 10.9. The van der Waals surface area contributed by atoms with Gasteiger partial charge in [-0.15, -0.1) is 0 Å². The van der Waals surface area contributed by atoms with Gasteiger partial charge in [-0.3, -0.25) is 0 Å². The molecule has 0 unspecified atom stereocenters. The third-order valence-electron chi connectivity index (χ3n) is 1.89. The molecule has 0 radical (unpaired) electrons. The van der Waals surface area contributed by atoms with Crippen LogP contribution in [-0.4, -0.2) is 16.1 Å². The normalized spacial score (nSPS) is 11.3. The van der Waals surface area contributed by atoms with Crippen molar-refractivity contribution in [2.24, 2.45) is 0 Å². The van der Waals surface area contributed by atoms with Crippen LogP contribution in [0.5, 0.6) is 0 Å². The van der Waals surface area contributed by atoms with Crippen molar-refractivity contribution in [2.45, 2.75) is 39.3 Å². The molecule has 15 heavy (non-hydrogen) atoms. The Morgan fingerprint density at radius 1 is 0.800 bits per heavy atom. The molecule has 0 aliphatic heterocycles. The lowest BCUT2D eigenvalue weighted by Crippen LogP contribution is -2.31. The third kappa shape index (κ3) is 4.54. The van der Waals surface area contributed by atoms with Crippen LogP contribution >= 0.6 is 0 Å². The van der Waals surface area contributed by atoms with Crippen molar-refractivity contribution in [3.63, 3.8) is 0 Å². The summed E-state index contributed by atoms with van der Waals surface area (Å²) in [6, 6.07) is 0. The fraction of sp³-hybridized carbons (Fsp3) is 0.500. The Labute approximate surface area is 95.9 Å². The second-order valence-electron chi connectivity index (χ2n) is 5.61. The van der Waals surface area contributed by atoms with Crippen molar-refractivity contribution in [1.29, 1.82) is 0 Å². The molecule has 0 bridgehead atoms. The number of hydrogen-bond acceptors (Lipinski definition) is 1. The van der Waals surface area contributed by atoms with Gasteiger partial charge in [-0.1, -0.05) is 63.9 Å². The predicted molar refractivity (Wildman–Crippen MR) is 73.1 cm³/mol. The summed E-state index contributed by atoms with van der Waals surface area (Å²) in [5.41, 5.74) is 5.84. The van der Waals surface area contributed by atoms with Gasteiger partial charge in [0.25, 0.3) is 0 Å². The zero-order valence-electron chi connectivity index (χ0n) is 10.8. The van der Waals surface area contributed by atoms with Gasteiger partial charge in [0.2, 0.25) is 0 Å². The first kappa shape index (κ1) is 14.3.